The van der Waals surface area contributed by atoms with Gasteiger partial charge in [0.1, 0.15) is 0 Å². The van der Waals surface area contributed by atoms with Crippen LogP contribution in [0.1, 0.15) is 30.9 Å². The molecule has 1 unspecified atom stereocenters. The molecule has 24 heavy (non-hydrogen) atoms. The lowest BCUT2D eigenvalue weighted by Gasteiger charge is -2.42. The second kappa shape index (κ2) is 7.02. The van der Waals surface area contributed by atoms with Crippen LogP contribution in [0.2, 0.25) is 0 Å². The largest absolute Gasteiger partial charge is 0.443 e. The summed E-state index contributed by atoms with van der Waals surface area (Å²) in [4.78, 5) is 14.0. The number of rotatable bonds is 5. The molecule has 2 aromatic rings. The van der Waals surface area contributed by atoms with Crippen molar-refractivity contribution < 1.29 is 9.53 Å². The van der Waals surface area contributed by atoms with Crippen LogP contribution < -0.4 is 0 Å². The Kier molecular flexibility index (Phi) is 4.81. The van der Waals surface area contributed by atoms with E-state index in [9.17, 15) is 4.79 Å². The van der Waals surface area contributed by atoms with Crippen molar-refractivity contribution in [3.63, 3.8) is 0 Å². The minimum absolute atomic E-state index is 0.274. The summed E-state index contributed by atoms with van der Waals surface area (Å²) in [5, 5.41) is 0. The van der Waals surface area contributed by atoms with Crippen molar-refractivity contribution in [2.45, 2.75) is 31.5 Å². The fraction of sp³-hybridized carbons (Fsp3) is 0.286. The quantitative estimate of drug-likeness (QED) is 0.613. The summed E-state index contributed by atoms with van der Waals surface area (Å²) in [7, 11) is 0. The molecule has 1 fully saturated rings. The van der Waals surface area contributed by atoms with Gasteiger partial charge in [-0.2, -0.15) is 0 Å². The zero-order valence-electron chi connectivity index (χ0n) is 14.0. The molecule has 1 atom stereocenters. The van der Waals surface area contributed by atoms with Crippen LogP contribution in [0.3, 0.4) is 0 Å². The van der Waals surface area contributed by atoms with Gasteiger partial charge >= 0.3 is 5.97 Å². The molecule has 0 bridgehead atoms. The van der Waals surface area contributed by atoms with Crippen LogP contribution in [0, 0.1) is 0 Å². The van der Waals surface area contributed by atoms with Crippen molar-refractivity contribution in [2.75, 3.05) is 6.54 Å². The first-order valence-electron chi connectivity index (χ1n) is 8.39. The van der Waals surface area contributed by atoms with E-state index in [4.69, 9.17) is 4.74 Å². The van der Waals surface area contributed by atoms with Gasteiger partial charge in [-0.3, -0.25) is 4.90 Å². The van der Waals surface area contributed by atoms with Crippen molar-refractivity contribution in [3.8, 4) is 0 Å². The van der Waals surface area contributed by atoms with Crippen molar-refractivity contribution in [1.29, 1.82) is 0 Å². The first-order valence-corrected chi connectivity index (χ1v) is 8.39. The van der Waals surface area contributed by atoms with E-state index in [2.05, 4.69) is 60.0 Å². The van der Waals surface area contributed by atoms with Gasteiger partial charge in [0.15, 0.2) is 6.23 Å². The van der Waals surface area contributed by atoms with Gasteiger partial charge < -0.3 is 4.74 Å². The minimum atomic E-state index is -0.385. The summed E-state index contributed by atoms with van der Waals surface area (Å²) in [6.07, 6.45) is 2.95. The lowest BCUT2D eigenvalue weighted by atomic mass is 9.80. The van der Waals surface area contributed by atoms with E-state index in [1.54, 1.807) is 0 Å². The molecule has 1 aliphatic rings. The van der Waals surface area contributed by atoms with Crippen molar-refractivity contribution in [1.82, 2.24) is 4.90 Å². The average Bonchev–Trinajstić information content (AvgIpc) is 3.09. The smallest absolute Gasteiger partial charge is 0.331 e. The maximum Gasteiger partial charge on any atom is 0.331 e. The normalized spacial score (nSPS) is 18.0. The molecular formula is C21H23NO2. The molecule has 0 radical (unpaired) electrons. The SMILES string of the molecule is C=CC(=O)OC(C)N1CCCC1(c1ccccc1)c1ccccc1. The zero-order chi connectivity index (χ0) is 17.0. The Hall–Kier alpha value is -2.39. The molecule has 0 amide bonds. The standard InChI is InChI=1S/C21H23NO2/c1-3-20(23)24-17(2)22-16-10-15-21(22,18-11-6-4-7-12-18)19-13-8-5-9-14-19/h3-9,11-14,17H,1,10,15-16H2,2H3. The van der Waals surface area contributed by atoms with Gasteiger partial charge in [0.2, 0.25) is 0 Å². The van der Waals surface area contributed by atoms with Gasteiger partial charge in [-0.15, -0.1) is 0 Å². The molecule has 0 aromatic heterocycles. The molecule has 1 saturated heterocycles. The Morgan fingerprint density at radius 1 is 1.12 bits per heavy atom. The molecule has 0 N–H and O–H groups in total. The Morgan fingerprint density at radius 2 is 1.67 bits per heavy atom. The number of carbonyl (C=O) groups is 1. The number of hydrogen-bond donors (Lipinski definition) is 0. The molecule has 124 valence electrons. The summed E-state index contributed by atoms with van der Waals surface area (Å²) in [5.41, 5.74) is 2.19. The number of nitrogens with zero attached hydrogens (tertiary/aromatic N) is 1. The molecule has 3 heteroatoms. The van der Waals surface area contributed by atoms with Crippen molar-refractivity contribution >= 4 is 5.97 Å². The highest BCUT2D eigenvalue weighted by atomic mass is 16.6. The van der Waals surface area contributed by atoms with Crippen LogP contribution in [0.4, 0.5) is 0 Å². The highest BCUT2D eigenvalue weighted by Crippen LogP contribution is 2.45. The molecule has 3 rings (SSSR count). The first kappa shape index (κ1) is 16.5. The van der Waals surface area contributed by atoms with E-state index >= 15 is 0 Å². The van der Waals surface area contributed by atoms with E-state index in [-0.39, 0.29) is 17.7 Å². The van der Waals surface area contributed by atoms with E-state index in [0.29, 0.717) is 0 Å². The van der Waals surface area contributed by atoms with Gasteiger partial charge in [0.25, 0.3) is 0 Å². The van der Waals surface area contributed by atoms with E-state index in [1.807, 2.05) is 19.1 Å². The third kappa shape index (κ3) is 2.87. The van der Waals surface area contributed by atoms with Crippen LogP contribution in [0.15, 0.2) is 73.3 Å². The Bertz CT molecular complexity index is 657. The highest BCUT2D eigenvalue weighted by molar-refractivity contribution is 5.81. The predicted octanol–water partition coefficient (Wildman–Crippen LogP) is 4.10. The van der Waals surface area contributed by atoms with Crippen LogP contribution in [-0.2, 0) is 15.1 Å². The monoisotopic (exact) mass is 321 g/mol. The molecule has 1 aliphatic heterocycles. The lowest BCUT2D eigenvalue weighted by Crippen LogP contribution is -2.48. The highest BCUT2D eigenvalue weighted by Gasteiger charge is 2.46. The summed E-state index contributed by atoms with van der Waals surface area (Å²) in [5.74, 6) is -0.385. The topological polar surface area (TPSA) is 29.5 Å². The molecule has 0 spiro atoms. The summed E-state index contributed by atoms with van der Waals surface area (Å²) in [6.45, 7) is 6.32. The second-order valence-corrected chi connectivity index (χ2v) is 6.13. The fourth-order valence-electron chi connectivity index (χ4n) is 3.83. The van der Waals surface area contributed by atoms with Crippen molar-refractivity contribution in [2.24, 2.45) is 0 Å². The van der Waals surface area contributed by atoms with Gasteiger partial charge in [-0.05, 0) is 30.9 Å². The predicted molar refractivity (Wildman–Crippen MR) is 95.4 cm³/mol. The molecule has 3 nitrogen and oxygen atoms in total. The van der Waals surface area contributed by atoms with E-state index < -0.39 is 0 Å². The van der Waals surface area contributed by atoms with Gasteiger partial charge in [0.05, 0.1) is 5.54 Å². The molecule has 1 heterocycles. The summed E-state index contributed by atoms with van der Waals surface area (Å²) < 4.78 is 5.55. The third-order valence-electron chi connectivity index (χ3n) is 4.82. The summed E-state index contributed by atoms with van der Waals surface area (Å²) >= 11 is 0. The van der Waals surface area contributed by atoms with E-state index in [1.165, 1.54) is 17.2 Å². The maximum atomic E-state index is 11.7. The Balaban J connectivity index is 2.07. The van der Waals surface area contributed by atoms with Gasteiger partial charge in [-0.1, -0.05) is 67.2 Å². The van der Waals surface area contributed by atoms with Gasteiger partial charge in [-0.25, -0.2) is 4.79 Å². The van der Waals surface area contributed by atoms with Crippen LogP contribution in [0.25, 0.3) is 0 Å². The van der Waals surface area contributed by atoms with Crippen LogP contribution >= 0.6 is 0 Å². The molecular weight excluding hydrogens is 298 g/mol. The Morgan fingerprint density at radius 3 is 2.17 bits per heavy atom. The zero-order valence-corrected chi connectivity index (χ0v) is 14.0. The number of ether oxygens (including phenoxy) is 1. The lowest BCUT2D eigenvalue weighted by molar-refractivity contribution is -0.154. The molecule has 0 aliphatic carbocycles. The number of likely N-dealkylation sites (tertiary alicyclic amines) is 1. The number of esters is 1. The summed E-state index contributed by atoms with van der Waals surface area (Å²) in [6, 6.07) is 21.0. The fourth-order valence-corrected chi connectivity index (χ4v) is 3.83. The van der Waals surface area contributed by atoms with E-state index in [0.717, 1.165) is 19.4 Å². The number of carbonyl (C=O) groups excluding carboxylic acids is 1. The average molecular weight is 321 g/mol. The first-order chi connectivity index (χ1) is 11.7. The maximum absolute atomic E-state index is 11.7. The van der Waals surface area contributed by atoms with Gasteiger partial charge in [0, 0.05) is 12.6 Å². The number of benzene rings is 2. The van der Waals surface area contributed by atoms with Crippen LogP contribution in [-0.4, -0.2) is 23.6 Å². The van der Waals surface area contributed by atoms with Crippen molar-refractivity contribution in [3.05, 3.63) is 84.4 Å². The molecule has 0 saturated carbocycles. The molecule has 2 aromatic carbocycles. The number of hydrogen-bond acceptors (Lipinski definition) is 3. The minimum Gasteiger partial charge on any atom is -0.443 e. The van der Waals surface area contributed by atoms with Crippen LogP contribution in [0.5, 0.6) is 0 Å². The Labute approximate surface area is 143 Å². The third-order valence-corrected chi connectivity index (χ3v) is 4.82. The second-order valence-electron chi connectivity index (χ2n) is 6.13.